The highest BCUT2D eigenvalue weighted by Crippen LogP contribution is 2.19. The molecule has 1 heterocycles. The van der Waals surface area contributed by atoms with Gasteiger partial charge in [-0.05, 0) is 18.2 Å². The van der Waals surface area contributed by atoms with Crippen molar-refractivity contribution in [1.29, 1.82) is 0 Å². The second-order valence-corrected chi connectivity index (χ2v) is 5.11. The van der Waals surface area contributed by atoms with Gasteiger partial charge in [-0.25, -0.2) is 4.39 Å². The van der Waals surface area contributed by atoms with E-state index in [1.807, 2.05) is 0 Å². The first-order valence-corrected chi connectivity index (χ1v) is 6.55. The van der Waals surface area contributed by atoms with E-state index in [0.717, 1.165) is 0 Å². The van der Waals surface area contributed by atoms with Gasteiger partial charge in [0.15, 0.2) is 0 Å². The number of amides is 2. The SMILES string of the molecule is CN1CCN(CC(=O)Nc2ccc(F)c(Cl)c2)CC1=O. The van der Waals surface area contributed by atoms with E-state index in [0.29, 0.717) is 18.8 Å². The Morgan fingerprint density at radius 2 is 2.20 bits per heavy atom. The van der Waals surface area contributed by atoms with Crippen molar-refractivity contribution >= 4 is 29.1 Å². The predicted molar refractivity (Wildman–Crippen MR) is 74.1 cm³/mol. The number of hydrogen-bond acceptors (Lipinski definition) is 3. The third-order valence-corrected chi connectivity index (χ3v) is 3.40. The lowest BCUT2D eigenvalue weighted by molar-refractivity contribution is -0.135. The molecule has 0 radical (unpaired) electrons. The lowest BCUT2D eigenvalue weighted by Crippen LogP contribution is -2.50. The summed E-state index contributed by atoms with van der Waals surface area (Å²) in [6, 6.07) is 3.98. The number of benzene rings is 1. The van der Waals surface area contributed by atoms with Gasteiger partial charge in [0.2, 0.25) is 11.8 Å². The molecule has 2 amide bonds. The van der Waals surface area contributed by atoms with Gasteiger partial charge in [-0.15, -0.1) is 0 Å². The molecule has 0 aromatic heterocycles. The first-order valence-electron chi connectivity index (χ1n) is 6.17. The van der Waals surface area contributed by atoms with Crippen molar-refractivity contribution in [3.05, 3.63) is 29.0 Å². The van der Waals surface area contributed by atoms with Crippen molar-refractivity contribution in [3.63, 3.8) is 0 Å². The predicted octanol–water partition coefficient (Wildman–Crippen LogP) is 1.19. The number of carbonyl (C=O) groups excluding carboxylic acids is 2. The second kappa shape index (κ2) is 6.19. The van der Waals surface area contributed by atoms with Crippen molar-refractivity contribution in [2.24, 2.45) is 0 Å². The molecular formula is C13H15ClFN3O2. The van der Waals surface area contributed by atoms with Gasteiger partial charge in [-0.1, -0.05) is 11.6 Å². The summed E-state index contributed by atoms with van der Waals surface area (Å²) in [5.74, 6) is -0.798. The van der Waals surface area contributed by atoms with Crippen LogP contribution in [0.4, 0.5) is 10.1 Å². The average Bonchev–Trinajstić information content (AvgIpc) is 2.38. The van der Waals surface area contributed by atoms with Gasteiger partial charge >= 0.3 is 0 Å². The van der Waals surface area contributed by atoms with E-state index in [1.165, 1.54) is 18.2 Å². The molecule has 1 aliphatic heterocycles. The molecule has 1 saturated heterocycles. The summed E-state index contributed by atoms with van der Waals surface area (Å²) in [5.41, 5.74) is 0.432. The lowest BCUT2D eigenvalue weighted by atomic mass is 10.3. The van der Waals surface area contributed by atoms with Gasteiger partial charge in [-0.2, -0.15) is 0 Å². The summed E-state index contributed by atoms with van der Waals surface area (Å²) in [6.45, 7) is 1.61. The average molecular weight is 300 g/mol. The monoisotopic (exact) mass is 299 g/mol. The van der Waals surface area contributed by atoms with Crippen LogP contribution < -0.4 is 5.32 Å². The molecule has 108 valence electrons. The highest BCUT2D eigenvalue weighted by Gasteiger charge is 2.22. The first-order chi connectivity index (χ1) is 9.45. The Morgan fingerprint density at radius 1 is 1.45 bits per heavy atom. The number of rotatable bonds is 3. The van der Waals surface area contributed by atoms with Crippen LogP contribution in [-0.4, -0.2) is 54.8 Å². The van der Waals surface area contributed by atoms with Gasteiger partial charge < -0.3 is 10.2 Å². The van der Waals surface area contributed by atoms with Gasteiger partial charge in [0.25, 0.3) is 0 Å². The summed E-state index contributed by atoms with van der Waals surface area (Å²) < 4.78 is 13.0. The molecule has 0 aliphatic carbocycles. The number of halogens is 2. The Labute approximate surface area is 121 Å². The number of anilines is 1. The minimum Gasteiger partial charge on any atom is -0.343 e. The fourth-order valence-electron chi connectivity index (χ4n) is 1.92. The quantitative estimate of drug-likeness (QED) is 0.912. The van der Waals surface area contributed by atoms with Crippen LogP contribution in [0.2, 0.25) is 5.02 Å². The van der Waals surface area contributed by atoms with Gasteiger partial charge in [-0.3, -0.25) is 14.5 Å². The van der Waals surface area contributed by atoms with Crippen molar-refractivity contribution in [2.45, 2.75) is 0 Å². The third-order valence-electron chi connectivity index (χ3n) is 3.11. The number of nitrogens with zero attached hydrogens (tertiary/aromatic N) is 2. The van der Waals surface area contributed by atoms with Crippen LogP contribution in [0.1, 0.15) is 0 Å². The highest BCUT2D eigenvalue weighted by atomic mass is 35.5. The molecule has 1 aromatic rings. The van der Waals surface area contributed by atoms with Gasteiger partial charge in [0.1, 0.15) is 5.82 Å². The molecule has 1 fully saturated rings. The molecule has 7 heteroatoms. The zero-order valence-electron chi connectivity index (χ0n) is 11.0. The van der Waals surface area contributed by atoms with Crippen molar-refractivity contribution in [3.8, 4) is 0 Å². The minimum absolute atomic E-state index is 0.00567. The molecule has 0 unspecified atom stereocenters. The van der Waals surface area contributed by atoms with Crippen molar-refractivity contribution in [2.75, 3.05) is 38.5 Å². The molecule has 2 rings (SSSR count). The fourth-order valence-corrected chi connectivity index (χ4v) is 2.10. The summed E-state index contributed by atoms with van der Waals surface area (Å²) in [7, 11) is 1.74. The largest absolute Gasteiger partial charge is 0.343 e. The maximum Gasteiger partial charge on any atom is 0.238 e. The Balaban J connectivity index is 1.89. The van der Waals surface area contributed by atoms with E-state index in [-0.39, 0.29) is 29.9 Å². The third kappa shape index (κ3) is 3.68. The standard InChI is InChI=1S/C13H15ClFN3O2/c1-17-4-5-18(8-13(17)20)7-12(19)16-9-2-3-11(15)10(14)6-9/h2-3,6H,4-5,7-8H2,1H3,(H,16,19). The highest BCUT2D eigenvalue weighted by molar-refractivity contribution is 6.31. The zero-order valence-corrected chi connectivity index (χ0v) is 11.8. The molecule has 1 aromatic carbocycles. The van der Waals surface area contributed by atoms with Crippen LogP contribution >= 0.6 is 11.6 Å². The molecule has 0 saturated carbocycles. The van der Waals surface area contributed by atoms with Crippen LogP contribution in [-0.2, 0) is 9.59 Å². The summed E-state index contributed by atoms with van der Waals surface area (Å²) in [5, 5.41) is 2.58. The Bertz CT molecular complexity index is 538. The summed E-state index contributed by atoms with van der Waals surface area (Å²) in [6.07, 6.45) is 0. The maximum atomic E-state index is 13.0. The Kier molecular flexibility index (Phi) is 4.57. The van der Waals surface area contributed by atoms with Gasteiger partial charge in [0.05, 0.1) is 18.1 Å². The van der Waals surface area contributed by atoms with Crippen molar-refractivity contribution in [1.82, 2.24) is 9.80 Å². The summed E-state index contributed by atoms with van der Waals surface area (Å²) >= 11 is 5.64. The molecule has 0 bridgehead atoms. The number of nitrogens with one attached hydrogen (secondary N) is 1. The molecule has 1 aliphatic rings. The van der Waals surface area contributed by atoms with Crippen LogP contribution in [0.5, 0.6) is 0 Å². The number of hydrogen-bond donors (Lipinski definition) is 1. The summed E-state index contributed by atoms with van der Waals surface area (Å²) in [4.78, 5) is 26.8. The first kappa shape index (κ1) is 14.7. The van der Waals surface area contributed by atoms with Crippen molar-refractivity contribution < 1.29 is 14.0 Å². The minimum atomic E-state index is -0.533. The Morgan fingerprint density at radius 3 is 2.85 bits per heavy atom. The van der Waals surface area contributed by atoms with E-state index in [2.05, 4.69) is 5.32 Å². The topological polar surface area (TPSA) is 52.6 Å². The molecule has 0 atom stereocenters. The molecule has 20 heavy (non-hydrogen) atoms. The number of likely N-dealkylation sites (N-methyl/N-ethyl adjacent to an activating group) is 1. The lowest BCUT2D eigenvalue weighted by Gasteiger charge is -2.31. The van der Waals surface area contributed by atoms with Gasteiger partial charge in [0, 0.05) is 25.8 Å². The maximum absolute atomic E-state index is 13.0. The number of carbonyl (C=O) groups is 2. The molecule has 0 spiro atoms. The molecular weight excluding hydrogens is 285 g/mol. The smallest absolute Gasteiger partial charge is 0.238 e. The Hall–Kier alpha value is -1.66. The van der Waals surface area contributed by atoms with E-state index >= 15 is 0 Å². The van der Waals surface area contributed by atoms with E-state index in [1.54, 1.807) is 16.8 Å². The van der Waals surface area contributed by atoms with Crippen LogP contribution in [0.3, 0.4) is 0 Å². The van der Waals surface area contributed by atoms with Crippen LogP contribution in [0.15, 0.2) is 18.2 Å². The van der Waals surface area contributed by atoms with E-state index < -0.39 is 5.82 Å². The number of piperazine rings is 1. The zero-order chi connectivity index (χ0) is 14.7. The normalized spacial score (nSPS) is 16.4. The van der Waals surface area contributed by atoms with Crippen LogP contribution in [0, 0.1) is 5.82 Å². The van der Waals surface area contributed by atoms with E-state index in [9.17, 15) is 14.0 Å². The molecule has 1 N–H and O–H groups in total. The fraction of sp³-hybridized carbons (Fsp3) is 0.385. The van der Waals surface area contributed by atoms with Crippen LogP contribution in [0.25, 0.3) is 0 Å². The van der Waals surface area contributed by atoms with E-state index in [4.69, 9.17) is 11.6 Å². The second-order valence-electron chi connectivity index (χ2n) is 4.70. The molecule has 5 nitrogen and oxygen atoms in total.